The molecule has 4 fully saturated rings. The molecule has 32 heavy (non-hydrogen) atoms. The minimum absolute atomic E-state index is 0.315. The Hall–Kier alpha value is -0.770. The molecular formula is C26H42O5S. The van der Waals surface area contributed by atoms with E-state index in [0.29, 0.717) is 29.1 Å². The highest BCUT2D eigenvalue weighted by atomic mass is 32.3. The second-order valence-corrected chi connectivity index (χ2v) is 12.8. The predicted octanol–water partition coefficient (Wildman–Crippen LogP) is 5.29. The van der Waals surface area contributed by atoms with E-state index in [0.717, 1.165) is 23.7 Å². The van der Waals surface area contributed by atoms with Crippen LogP contribution in [-0.2, 0) is 18.8 Å². The molecule has 0 bridgehead atoms. The van der Waals surface area contributed by atoms with Gasteiger partial charge in [-0.05, 0) is 97.7 Å². The van der Waals surface area contributed by atoms with Crippen LogP contribution in [0.2, 0.25) is 0 Å². The molecule has 1 unspecified atom stereocenters. The van der Waals surface area contributed by atoms with Gasteiger partial charge in [0.05, 0.1) is 13.2 Å². The van der Waals surface area contributed by atoms with E-state index in [4.69, 9.17) is 5.11 Å². The van der Waals surface area contributed by atoms with Crippen molar-refractivity contribution in [3.63, 3.8) is 0 Å². The van der Waals surface area contributed by atoms with Gasteiger partial charge in [0, 0.05) is 6.42 Å². The van der Waals surface area contributed by atoms with E-state index in [-0.39, 0.29) is 13.2 Å². The lowest BCUT2D eigenvalue weighted by Crippen LogP contribution is -2.53. The second kappa shape index (κ2) is 9.47. The van der Waals surface area contributed by atoms with Gasteiger partial charge in [-0.15, -0.1) is 0 Å². The lowest BCUT2D eigenvalue weighted by atomic mass is 9.44. The molecule has 0 aromatic heterocycles. The first-order valence-electron chi connectivity index (χ1n) is 12.9. The molecule has 4 saturated carbocycles. The van der Waals surface area contributed by atoms with Gasteiger partial charge < -0.3 is 9.29 Å². The van der Waals surface area contributed by atoms with Gasteiger partial charge in [0.1, 0.15) is 6.11 Å². The Morgan fingerprint density at radius 3 is 2.56 bits per heavy atom. The smallest absolute Gasteiger partial charge is 0.394 e. The third kappa shape index (κ3) is 4.46. The molecule has 0 aromatic rings. The van der Waals surface area contributed by atoms with Crippen molar-refractivity contribution in [1.82, 2.24) is 0 Å². The number of rotatable bonds is 6. The number of hydrogen-bond acceptors (Lipinski definition) is 5. The summed E-state index contributed by atoms with van der Waals surface area (Å²) in [5, 5.41) is 8.68. The number of aliphatic hydroxyl groups is 1. The topological polar surface area (TPSA) is 72.8 Å². The van der Waals surface area contributed by atoms with E-state index in [1.165, 1.54) is 64.2 Å². The van der Waals surface area contributed by atoms with E-state index in [9.17, 15) is 8.42 Å². The zero-order chi connectivity index (χ0) is 23.0. The normalized spacial score (nSPS) is 42.1. The maximum atomic E-state index is 11.5. The molecule has 0 radical (unpaired) electrons. The first kappa shape index (κ1) is 24.4. The van der Waals surface area contributed by atoms with Crippen molar-refractivity contribution in [2.24, 2.45) is 46.3 Å². The van der Waals surface area contributed by atoms with Crippen LogP contribution < -0.4 is 0 Å². The van der Waals surface area contributed by atoms with Gasteiger partial charge in [-0.2, -0.15) is 8.42 Å². The van der Waals surface area contributed by atoms with Gasteiger partial charge in [-0.1, -0.05) is 39.5 Å². The molecule has 0 amide bonds. The average Bonchev–Trinajstić information content (AvgIpc) is 3.12. The quantitative estimate of drug-likeness (QED) is 0.538. The van der Waals surface area contributed by atoms with Gasteiger partial charge in [0.2, 0.25) is 0 Å². The predicted molar refractivity (Wildman–Crippen MR) is 124 cm³/mol. The van der Waals surface area contributed by atoms with Gasteiger partial charge in [-0.3, -0.25) is 0 Å². The van der Waals surface area contributed by atoms with Crippen LogP contribution in [0.15, 0.2) is 0 Å². The standard InChI is InChI=1S/C26H42O5S/c1-19(7-6-17-30-32(28,29)31-18-16-27)22-11-12-23-21-10-9-20-8-4-5-14-25(20,2)24(21)13-15-26(22,23)3/h19-24,27H,4-5,7-16,18H2,1-3H3/t19-,20?,21+,22-,23+,24+,25+,26-/m1/s1. The molecular weight excluding hydrogens is 424 g/mol. The van der Waals surface area contributed by atoms with Crippen LogP contribution in [0.1, 0.15) is 91.4 Å². The molecule has 4 aliphatic carbocycles. The minimum Gasteiger partial charge on any atom is -0.394 e. The molecule has 4 rings (SSSR count). The molecule has 0 saturated heterocycles. The van der Waals surface area contributed by atoms with Crippen LogP contribution in [0.4, 0.5) is 0 Å². The Kier molecular flexibility index (Phi) is 7.21. The molecule has 0 aliphatic heterocycles. The Bertz CT molecular complexity index is 829. The summed E-state index contributed by atoms with van der Waals surface area (Å²) in [4.78, 5) is 0. The largest absolute Gasteiger partial charge is 0.457 e. The monoisotopic (exact) mass is 466 g/mol. The number of fused-ring (bicyclic) bond motifs is 5. The van der Waals surface area contributed by atoms with Gasteiger partial charge in [0.15, 0.2) is 0 Å². The minimum atomic E-state index is -4.15. The Morgan fingerprint density at radius 2 is 1.78 bits per heavy atom. The molecule has 5 nitrogen and oxygen atoms in total. The molecule has 1 N–H and O–H groups in total. The summed E-state index contributed by atoms with van der Waals surface area (Å²) in [6, 6.07) is 0. The van der Waals surface area contributed by atoms with E-state index in [2.05, 4.69) is 41.2 Å². The summed E-state index contributed by atoms with van der Waals surface area (Å²) in [6.07, 6.45) is 17.0. The molecule has 8 atom stereocenters. The van der Waals surface area contributed by atoms with Gasteiger partial charge >= 0.3 is 10.4 Å². The van der Waals surface area contributed by atoms with E-state index in [1.54, 1.807) is 0 Å². The first-order chi connectivity index (χ1) is 15.2. The molecule has 0 aromatic carbocycles. The van der Waals surface area contributed by atoms with Crippen LogP contribution in [0.25, 0.3) is 0 Å². The number of aliphatic hydroxyl groups excluding tert-OH is 1. The van der Waals surface area contributed by atoms with Crippen molar-refractivity contribution in [2.75, 3.05) is 13.2 Å². The van der Waals surface area contributed by atoms with E-state index < -0.39 is 10.4 Å². The molecule has 0 heterocycles. The lowest BCUT2D eigenvalue weighted by molar-refractivity contribution is -0.114. The van der Waals surface area contributed by atoms with Gasteiger partial charge in [-0.25, -0.2) is 4.18 Å². The van der Waals surface area contributed by atoms with Crippen LogP contribution >= 0.6 is 0 Å². The highest BCUT2D eigenvalue weighted by Crippen LogP contribution is 2.68. The molecule has 4 aliphatic rings. The fraction of sp³-hybridized carbons (Fsp3) is 0.923. The lowest BCUT2D eigenvalue weighted by Gasteiger charge is -2.60. The van der Waals surface area contributed by atoms with Crippen molar-refractivity contribution >= 4 is 10.4 Å². The summed E-state index contributed by atoms with van der Waals surface area (Å²) in [7, 11) is -4.15. The summed E-state index contributed by atoms with van der Waals surface area (Å²) < 4.78 is 32.1. The van der Waals surface area contributed by atoms with E-state index >= 15 is 0 Å². The van der Waals surface area contributed by atoms with Gasteiger partial charge in [0.25, 0.3) is 0 Å². The Labute approximate surface area is 195 Å². The van der Waals surface area contributed by atoms with Crippen LogP contribution in [-0.4, -0.2) is 26.7 Å². The number of hydrogen-bond donors (Lipinski definition) is 1. The first-order valence-corrected chi connectivity index (χ1v) is 14.2. The van der Waals surface area contributed by atoms with Crippen LogP contribution in [0, 0.1) is 58.4 Å². The summed E-state index contributed by atoms with van der Waals surface area (Å²) in [5.74, 6) is 7.59. The zero-order valence-corrected chi connectivity index (χ0v) is 21.0. The maximum Gasteiger partial charge on any atom is 0.457 e. The van der Waals surface area contributed by atoms with Crippen molar-refractivity contribution in [3.05, 3.63) is 0 Å². The fourth-order valence-corrected chi connectivity index (χ4v) is 9.35. The van der Waals surface area contributed by atoms with E-state index in [1.807, 2.05) is 0 Å². The SMILES string of the molecule is C[C@H](CC#COS(=O)(=O)OCCO)[C@H]1CC[C@H]2[C@@H]3CCC4CCCC[C@]4(C)[C@H]3CC[C@]12C. The highest BCUT2D eigenvalue weighted by molar-refractivity contribution is 7.82. The highest BCUT2D eigenvalue weighted by Gasteiger charge is 2.60. The summed E-state index contributed by atoms with van der Waals surface area (Å²) in [6.45, 7) is 6.77. The Balaban J connectivity index is 1.39. The second-order valence-electron chi connectivity index (χ2n) is 11.6. The molecule has 182 valence electrons. The van der Waals surface area contributed by atoms with Crippen molar-refractivity contribution < 1.29 is 21.9 Å². The third-order valence-corrected chi connectivity index (χ3v) is 11.0. The van der Waals surface area contributed by atoms with Crippen LogP contribution in [0.3, 0.4) is 0 Å². The van der Waals surface area contributed by atoms with Crippen molar-refractivity contribution in [3.8, 4) is 12.0 Å². The fourth-order valence-electron chi connectivity index (χ4n) is 8.86. The average molecular weight is 467 g/mol. The van der Waals surface area contributed by atoms with Crippen molar-refractivity contribution in [1.29, 1.82) is 0 Å². The summed E-state index contributed by atoms with van der Waals surface area (Å²) >= 11 is 0. The van der Waals surface area contributed by atoms with Crippen LogP contribution in [0.5, 0.6) is 0 Å². The molecule has 0 spiro atoms. The zero-order valence-electron chi connectivity index (χ0n) is 20.1. The maximum absolute atomic E-state index is 11.5. The summed E-state index contributed by atoms with van der Waals surface area (Å²) in [5.41, 5.74) is 0.968. The third-order valence-electron chi connectivity index (χ3n) is 10.3. The Morgan fingerprint density at radius 1 is 1.00 bits per heavy atom. The molecule has 6 heteroatoms. The van der Waals surface area contributed by atoms with Crippen molar-refractivity contribution in [2.45, 2.75) is 91.4 Å².